The summed E-state index contributed by atoms with van der Waals surface area (Å²) in [7, 11) is 0. The van der Waals surface area contributed by atoms with Crippen LogP contribution in [0.25, 0.3) is 0 Å². The van der Waals surface area contributed by atoms with Crippen molar-refractivity contribution in [1.82, 2.24) is 25.2 Å². The molecular formula is C22H32N6. The second-order valence-corrected chi connectivity index (χ2v) is 8.41. The van der Waals surface area contributed by atoms with Crippen molar-refractivity contribution in [2.45, 2.75) is 52.1 Å². The zero-order valence-corrected chi connectivity index (χ0v) is 17.4. The van der Waals surface area contributed by atoms with E-state index in [1.54, 1.807) is 0 Å². The molecule has 150 valence electrons. The molecule has 0 saturated carbocycles. The third-order valence-corrected chi connectivity index (χ3v) is 5.76. The first-order valence-corrected chi connectivity index (χ1v) is 10.6. The van der Waals surface area contributed by atoms with Gasteiger partial charge in [0.05, 0.1) is 5.69 Å². The number of aryl methyl sites for hydroxylation is 1. The molecule has 0 aromatic carbocycles. The van der Waals surface area contributed by atoms with E-state index < -0.39 is 0 Å². The predicted molar refractivity (Wildman–Crippen MR) is 113 cm³/mol. The highest BCUT2D eigenvalue weighted by Crippen LogP contribution is 2.26. The Morgan fingerprint density at radius 3 is 2.50 bits per heavy atom. The van der Waals surface area contributed by atoms with Gasteiger partial charge in [-0.15, -0.1) is 0 Å². The number of pyridine rings is 1. The van der Waals surface area contributed by atoms with Gasteiger partial charge in [-0.1, -0.05) is 13.8 Å². The first kappa shape index (κ1) is 19.3. The Hall–Kier alpha value is -2.05. The lowest BCUT2D eigenvalue weighted by atomic mass is 10.1. The van der Waals surface area contributed by atoms with Gasteiger partial charge in [0.25, 0.3) is 0 Å². The van der Waals surface area contributed by atoms with E-state index in [4.69, 9.17) is 4.98 Å². The zero-order valence-electron chi connectivity index (χ0n) is 17.4. The second kappa shape index (κ2) is 8.53. The summed E-state index contributed by atoms with van der Waals surface area (Å²) < 4.78 is 0. The van der Waals surface area contributed by atoms with Gasteiger partial charge >= 0.3 is 0 Å². The van der Waals surface area contributed by atoms with E-state index in [2.05, 4.69) is 58.0 Å². The van der Waals surface area contributed by atoms with E-state index in [9.17, 15) is 0 Å². The lowest BCUT2D eigenvalue weighted by Gasteiger charge is -2.36. The molecule has 2 aromatic heterocycles. The van der Waals surface area contributed by atoms with Gasteiger partial charge in [-0.2, -0.15) is 0 Å². The van der Waals surface area contributed by atoms with E-state index >= 15 is 0 Å². The van der Waals surface area contributed by atoms with Crippen LogP contribution < -0.4 is 10.2 Å². The summed E-state index contributed by atoms with van der Waals surface area (Å²) in [5, 5.41) is 3.57. The summed E-state index contributed by atoms with van der Waals surface area (Å²) in [4.78, 5) is 18.8. The van der Waals surface area contributed by atoms with Crippen molar-refractivity contribution in [2.75, 3.05) is 37.6 Å². The maximum absolute atomic E-state index is 4.79. The van der Waals surface area contributed by atoms with Crippen LogP contribution in [0.5, 0.6) is 0 Å². The Bertz CT molecular complexity index is 774. The van der Waals surface area contributed by atoms with Gasteiger partial charge in [0, 0.05) is 74.0 Å². The molecule has 0 amide bonds. The molecule has 0 spiro atoms. The molecule has 2 aliphatic heterocycles. The summed E-state index contributed by atoms with van der Waals surface area (Å²) in [5.74, 6) is 1.31. The van der Waals surface area contributed by atoms with Crippen molar-refractivity contribution in [3.8, 4) is 0 Å². The molecule has 6 nitrogen and oxygen atoms in total. The molecule has 1 atom stereocenters. The topological polar surface area (TPSA) is 57.2 Å². The van der Waals surface area contributed by atoms with Gasteiger partial charge in [-0.25, -0.2) is 9.97 Å². The highest BCUT2D eigenvalue weighted by molar-refractivity contribution is 5.49. The van der Waals surface area contributed by atoms with Crippen molar-refractivity contribution in [3.63, 3.8) is 0 Å². The van der Waals surface area contributed by atoms with Crippen LogP contribution in [-0.4, -0.2) is 52.6 Å². The van der Waals surface area contributed by atoms with Gasteiger partial charge in [0.2, 0.25) is 0 Å². The Balaban J connectivity index is 1.36. The number of aromatic nitrogens is 3. The molecule has 1 N–H and O–H groups in total. The molecular weight excluding hydrogens is 348 g/mol. The molecule has 0 radical (unpaired) electrons. The molecule has 2 aliphatic rings. The third kappa shape index (κ3) is 4.50. The van der Waals surface area contributed by atoms with Crippen LogP contribution in [0.1, 0.15) is 61.4 Å². The molecule has 2 aromatic rings. The summed E-state index contributed by atoms with van der Waals surface area (Å²) in [5.41, 5.74) is 4.84. The van der Waals surface area contributed by atoms with Gasteiger partial charge in [0.15, 0.2) is 0 Å². The number of piperazine rings is 1. The highest BCUT2D eigenvalue weighted by atomic mass is 15.3. The smallest absolute Gasteiger partial charge is 0.130 e. The highest BCUT2D eigenvalue weighted by Gasteiger charge is 2.22. The average Bonchev–Trinajstić information content (AvgIpc) is 3.23. The van der Waals surface area contributed by atoms with Crippen LogP contribution >= 0.6 is 0 Å². The maximum atomic E-state index is 4.79. The Kier molecular flexibility index (Phi) is 5.87. The molecule has 4 rings (SSSR count). The summed E-state index contributed by atoms with van der Waals surface area (Å²) in [6.07, 6.45) is 6.42. The number of nitrogens with zero attached hydrogens (tertiary/aromatic N) is 5. The van der Waals surface area contributed by atoms with E-state index in [1.807, 2.05) is 12.4 Å². The zero-order chi connectivity index (χ0) is 19.5. The summed E-state index contributed by atoms with van der Waals surface area (Å²) in [6.45, 7) is 12.6. The molecule has 6 heteroatoms. The van der Waals surface area contributed by atoms with Crippen LogP contribution in [0, 0.1) is 6.92 Å². The maximum Gasteiger partial charge on any atom is 0.130 e. The minimum absolute atomic E-state index is 0.380. The number of hydrogen-bond acceptors (Lipinski definition) is 6. The van der Waals surface area contributed by atoms with Crippen LogP contribution in [0.2, 0.25) is 0 Å². The minimum Gasteiger partial charge on any atom is -0.369 e. The first-order valence-electron chi connectivity index (χ1n) is 10.6. The summed E-state index contributed by atoms with van der Waals surface area (Å²) in [6, 6.07) is 4.95. The fraction of sp³-hybridized carbons (Fsp3) is 0.591. The van der Waals surface area contributed by atoms with Crippen molar-refractivity contribution in [1.29, 1.82) is 0 Å². The standard InChI is InChI=1S/C22H32N6/c1-16(2)22-24-13-18(14-25-22)15-27-7-9-28(10-8-27)19-11-17(3)26-21(12-19)20-5-4-6-23-20/h11-14,16,20,23H,4-10,15H2,1-3H3/t20-/m1/s1. The molecule has 0 aliphatic carbocycles. The third-order valence-electron chi connectivity index (χ3n) is 5.76. The van der Waals surface area contributed by atoms with Crippen LogP contribution in [-0.2, 0) is 6.54 Å². The van der Waals surface area contributed by atoms with Crippen molar-refractivity contribution < 1.29 is 0 Å². The predicted octanol–water partition coefficient (Wildman–Crippen LogP) is 3.05. The fourth-order valence-electron chi connectivity index (χ4n) is 4.14. The van der Waals surface area contributed by atoms with Gasteiger partial charge in [0.1, 0.15) is 5.82 Å². The van der Waals surface area contributed by atoms with E-state index in [0.717, 1.165) is 50.8 Å². The quantitative estimate of drug-likeness (QED) is 0.860. The fourth-order valence-corrected chi connectivity index (χ4v) is 4.14. The minimum atomic E-state index is 0.380. The number of rotatable bonds is 5. The van der Waals surface area contributed by atoms with Crippen LogP contribution in [0.3, 0.4) is 0 Å². The van der Waals surface area contributed by atoms with Crippen LogP contribution in [0.4, 0.5) is 5.69 Å². The Morgan fingerprint density at radius 2 is 1.86 bits per heavy atom. The molecule has 0 bridgehead atoms. The summed E-state index contributed by atoms with van der Waals surface area (Å²) >= 11 is 0. The molecule has 0 unspecified atom stereocenters. The molecule has 2 fully saturated rings. The molecule has 28 heavy (non-hydrogen) atoms. The van der Waals surface area contributed by atoms with Gasteiger partial charge in [-0.3, -0.25) is 9.88 Å². The van der Waals surface area contributed by atoms with Crippen LogP contribution in [0.15, 0.2) is 24.5 Å². The lowest BCUT2D eigenvalue weighted by Crippen LogP contribution is -2.46. The second-order valence-electron chi connectivity index (χ2n) is 8.41. The SMILES string of the molecule is Cc1cc(N2CCN(Cc3cnc(C(C)C)nc3)CC2)cc([C@H]2CCCN2)n1. The largest absolute Gasteiger partial charge is 0.369 e. The molecule has 2 saturated heterocycles. The average molecular weight is 381 g/mol. The molecule has 4 heterocycles. The normalized spacial score (nSPS) is 20.9. The number of hydrogen-bond donors (Lipinski definition) is 1. The Labute approximate surface area is 168 Å². The van der Waals surface area contributed by atoms with Crippen molar-refractivity contribution in [3.05, 3.63) is 47.3 Å². The van der Waals surface area contributed by atoms with E-state index in [0.29, 0.717) is 12.0 Å². The van der Waals surface area contributed by atoms with E-state index in [1.165, 1.54) is 29.8 Å². The van der Waals surface area contributed by atoms with Crippen molar-refractivity contribution in [2.24, 2.45) is 0 Å². The van der Waals surface area contributed by atoms with Gasteiger partial charge in [-0.05, 0) is 38.4 Å². The Morgan fingerprint density at radius 1 is 1.11 bits per heavy atom. The lowest BCUT2D eigenvalue weighted by molar-refractivity contribution is 0.249. The van der Waals surface area contributed by atoms with E-state index in [-0.39, 0.29) is 0 Å². The first-order chi connectivity index (χ1) is 13.6. The number of nitrogens with one attached hydrogen (secondary N) is 1. The van der Waals surface area contributed by atoms with Gasteiger partial charge < -0.3 is 10.2 Å². The van der Waals surface area contributed by atoms with Crippen molar-refractivity contribution >= 4 is 5.69 Å². The monoisotopic (exact) mass is 380 g/mol. The number of anilines is 1.